The molecule has 0 unspecified atom stereocenters. The van der Waals surface area contributed by atoms with Crippen LogP contribution in [0, 0.1) is 0 Å². The molecule has 1 aliphatic carbocycles. The van der Waals surface area contributed by atoms with Crippen molar-refractivity contribution in [3.63, 3.8) is 0 Å². The molecule has 0 radical (unpaired) electrons. The number of carbonyl (C=O) groups is 1. The number of rotatable bonds is 7. The molecule has 3 rings (SSSR count). The summed E-state index contributed by atoms with van der Waals surface area (Å²) in [5.41, 5.74) is 4.18. The Morgan fingerprint density at radius 2 is 2.16 bits per heavy atom. The van der Waals surface area contributed by atoms with Gasteiger partial charge in [0.05, 0.1) is 13.2 Å². The van der Waals surface area contributed by atoms with Crippen LogP contribution in [0.15, 0.2) is 29.8 Å². The molecular weight excluding hydrogens is 312 g/mol. The predicted octanol–water partition coefficient (Wildman–Crippen LogP) is 3.45. The Balaban J connectivity index is 1.44. The molecule has 0 atom stereocenters. The molecule has 4 nitrogen and oxygen atoms in total. The molecule has 1 aromatic rings. The SMILES string of the molecule is CCOc1ccc2c(c1)CN(CC(=O)NCCC1=CCCCC1)CC2. The number of hydrogen-bond acceptors (Lipinski definition) is 3. The van der Waals surface area contributed by atoms with Crippen LogP contribution in [0.1, 0.15) is 50.2 Å². The molecular formula is C21H30N2O2. The van der Waals surface area contributed by atoms with E-state index < -0.39 is 0 Å². The second-order valence-electron chi connectivity index (χ2n) is 7.03. The highest BCUT2D eigenvalue weighted by molar-refractivity contribution is 5.78. The third-order valence-electron chi connectivity index (χ3n) is 5.10. The molecule has 1 N–H and O–H groups in total. The molecule has 1 amide bonds. The van der Waals surface area contributed by atoms with Crippen molar-refractivity contribution in [1.29, 1.82) is 0 Å². The van der Waals surface area contributed by atoms with Crippen molar-refractivity contribution in [2.45, 2.75) is 52.0 Å². The fourth-order valence-electron chi connectivity index (χ4n) is 3.74. The molecule has 1 aromatic carbocycles. The van der Waals surface area contributed by atoms with E-state index in [4.69, 9.17) is 4.74 Å². The standard InChI is InChI=1S/C21H30N2O2/c1-2-25-20-9-8-18-11-13-23(15-19(18)14-20)16-21(24)22-12-10-17-6-4-3-5-7-17/h6,8-9,14H,2-5,7,10-13,15-16H2,1H3,(H,22,24). The van der Waals surface area contributed by atoms with Gasteiger partial charge in [0.15, 0.2) is 0 Å². The fraction of sp³-hybridized carbons (Fsp3) is 0.571. The van der Waals surface area contributed by atoms with Crippen LogP contribution in [0.25, 0.3) is 0 Å². The minimum atomic E-state index is 0.140. The first-order valence-corrected chi connectivity index (χ1v) is 9.66. The van der Waals surface area contributed by atoms with E-state index in [9.17, 15) is 4.79 Å². The van der Waals surface area contributed by atoms with Gasteiger partial charge >= 0.3 is 0 Å². The first kappa shape index (κ1) is 18.0. The monoisotopic (exact) mass is 342 g/mol. The number of nitrogens with zero attached hydrogens (tertiary/aromatic N) is 1. The van der Waals surface area contributed by atoms with Gasteiger partial charge in [0, 0.05) is 19.6 Å². The van der Waals surface area contributed by atoms with E-state index in [1.165, 1.54) is 42.4 Å². The highest BCUT2D eigenvalue weighted by Gasteiger charge is 2.19. The van der Waals surface area contributed by atoms with Crippen molar-refractivity contribution in [2.24, 2.45) is 0 Å². The third kappa shape index (κ3) is 5.33. The van der Waals surface area contributed by atoms with Crippen molar-refractivity contribution >= 4 is 5.91 Å². The normalized spacial score (nSPS) is 17.6. The summed E-state index contributed by atoms with van der Waals surface area (Å²) < 4.78 is 5.60. The number of ether oxygens (including phenoxy) is 1. The molecule has 0 spiro atoms. The van der Waals surface area contributed by atoms with E-state index >= 15 is 0 Å². The second-order valence-corrected chi connectivity index (χ2v) is 7.03. The van der Waals surface area contributed by atoms with Crippen LogP contribution < -0.4 is 10.1 Å². The van der Waals surface area contributed by atoms with E-state index in [2.05, 4.69) is 28.4 Å². The second kappa shape index (κ2) is 9.04. The smallest absolute Gasteiger partial charge is 0.234 e. The lowest BCUT2D eigenvalue weighted by atomic mass is 9.97. The van der Waals surface area contributed by atoms with Crippen molar-refractivity contribution < 1.29 is 9.53 Å². The summed E-state index contributed by atoms with van der Waals surface area (Å²) >= 11 is 0. The average Bonchev–Trinajstić information content (AvgIpc) is 2.62. The molecule has 25 heavy (non-hydrogen) atoms. The van der Waals surface area contributed by atoms with Crippen LogP contribution in [0.4, 0.5) is 0 Å². The molecule has 136 valence electrons. The van der Waals surface area contributed by atoms with Gasteiger partial charge in [-0.25, -0.2) is 0 Å². The molecule has 2 aliphatic rings. The molecule has 4 heteroatoms. The Morgan fingerprint density at radius 1 is 1.24 bits per heavy atom. The maximum absolute atomic E-state index is 12.2. The highest BCUT2D eigenvalue weighted by atomic mass is 16.5. The minimum Gasteiger partial charge on any atom is -0.494 e. The maximum atomic E-state index is 12.2. The number of allylic oxidation sites excluding steroid dienone is 1. The number of carbonyl (C=O) groups excluding carboxylic acids is 1. The average molecular weight is 342 g/mol. The summed E-state index contributed by atoms with van der Waals surface area (Å²) in [4.78, 5) is 14.5. The number of hydrogen-bond donors (Lipinski definition) is 1. The summed E-state index contributed by atoms with van der Waals surface area (Å²) in [6.07, 6.45) is 9.40. The quantitative estimate of drug-likeness (QED) is 0.772. The van der Waals surface area contributed by atoms with Gasteiger partial charge in [-0.05, 0) is 68.7 Å². The summed E-state index contributed by atoms with van der Waals surface area (Å²) in [5, 5.41) is 3.09. The number of amides is 1. The predicted molar refractivity (Wildman–Crippen MR) is 101 cm³/mol. The maximum Gasteiger partial charge on any atom is 0.234 e. The van der Waals surface area contributed by atoms with Gasteiger partial charge in [-0.3, -0.25) is 9.69 Å². The van der Waals surface area contributed by atoms with E-state index in [0.29, 0.717) is 13.2 Å². The van der Waals surface area contributed by atoms with Crippen molar-refractivity contribution in [3.05, 3.63) is 41.0 Å². The van der Waals surface area contributed by atoms with Crippen molar-refractivity contribution in [1.82, 2.24) is 10.2 Å². The van der Waals surface area contributed by atoms with Crippen LogP contribution in [-0.4, -0.2) is 37.0 Å². The molecule has 0 saturated carbocycles. The molecule has 0 saturated heterocycles. The highest BCUT2D eigenvalue weighted by Crippen LogP contribution is 2.24. The summed E-state index contributed by atoms with van der Waals surface area (Å²) in [6, 6.07) is 6.33. The Hall–Kier alpha value is -1.81. The van der Waals surface area contributed by atoms with E-state index in [-0.39, 0.29) is 5.91 Å². The van der Waals surface area contributed by atoms with Gasteiger partial charge in [0.1, 0.15) is 5.75 Å². The minimum absolute atomic E-state index is 0.140. The van der Waals surface area contributed by atoms with Gasteiger partial charge in [0.25, 0.3) is 0 Å². The zero-order valence-electron chi connectivity index (χ0n) is 15.4. The zero-order valence-corrected chi connectivity index (χ0v) is 15.4. The van der Waals surface area contributed by atoms with Gasteiger partial charge in [-0.15, -0.1) is 0 Å². The molecule has 1 heterocycles. The number of fused-ring (bicyclic) bond motifs is 1. The number of benzene rings is 1. The van der Waals surface area contributed by atoms with Crippen molar-refractivity contribution in [2.75, 3.05) is 26.2 Å². The largest absolute Gasteiger partial charge is 0.494 e. The van der Waals surface area contributed by atoms with Gasteiger partial charge in [-0.2, -0.15) is 0 Å². The summed E-state index contributed by atoms with van der Waals surface area (Å²) in [5.74, 6) is 1.06. The van der Waals surface area contributed by atoms with Crippen LogP contribution in [-0.2, 0) is 17.8 Å². The summed E-state index contributed by atoms with van der Waals surface area (Å²) in [7, 11) is 0. The number of nitrogens with one attached hydrogen (secondary N) is 1. The molecule has 1 aliphatic heterocycles. The Labute approximate surface area is 151 Å². The molecule has 0 fully saturated rings. The van der Waals surface area contributed by atoms with E-state index in [0.717, 1.165) is 38.2 Å². The van der Waals surface area contributed by atoms with Crippen LogP contribution in [0.2, 0.25) is 0 Å². The molecule has 0 aromatic heterocycles. The topological polar surface area (TPSA) is 41.6 Å². The van der Waals surface area contributed by atoms with Crippen molar-refractivity contribution in [3.8, 4) is 5.75 Å². The first-order valence-electron chi connectivity index (χ1n) is 9.66. The lowest BCUT2D eigenvalue weighted by molar-refractivity contribution is -0.122. The Morgan fingerprint density at radius 3 is 2.96 bits per heavy atom. The van der Waals surface area contributed by atoms with Gasteiger partial charge < -0.3 is 10.1 Å². The Kier molecular flexibility index (Phi) is 6.51. The Bertz CT molecular complexity index is 624. The third-order valence-corrected chi connectivity index (χ3v) is 5.10. The van der Waals surface area contributed by atoms with E-state index in [1.54, 1.807) is 0 Å². The van der Waals surface area contributed by atoms with Gasteiger partial charge in [-0.1, -0.05) is 17.7 Å². The first-order chi connectivity index (χ1) is 12.2. The zero-order chi connectivity index (χ0) is 17.5. The van der Waals surface area contributed by atoms with Crippen LogP contribution in [0.3, 0.4) is 0 Å². The van der Waals surface area contributed by atoms with Crippen LogP contribution >= 0.6 is 0 Å². The lowest BCUT2D eigenvalue weighted by Gasteiger charge is -2.28. The van der Waals surface area contributed by atoms with Gasteiger partial charge in [0.2, 0.25) is 5.91 Å². The molecule has 0 bridgehead atoms. The fourth-order valence-corrected chi connectivity index (χ4v) is 3.74. The lowest BCUT2D eigenvalue weighted by Crippen LogP contribution is -2.40. The summed E-state index contributed by atoms with van der Waals surface area (Å²) in [6.45, 7) is 5.70. The van der Waals surface area contributed by atoms with Crippen LogP contribution in [0.5, 0.6) is 5.75 Å². The van der Waals surface area contributed by atoms with E-state index in [1.807, 2.05) is 13.0 Å².